The van der Waals surface area contributed by atoms with E-state index in [1.165, 1.54) is 28.0 Å². The van der Waals surface area contributed by atoms with Crippen molar-refractivity contribution in [1.82, 2.24) is 5.32 Å². The van der Waals surface area contributed by atoms with E-state index in [9.17, 15) is 4.79 Å². The van der Waals surface area contributed by atoms with Crippen LogP contribution in [0, 0.1) is 11.8 Å². The molecule has 2 aromatic rings. The molecule has 3 heteroatoms. The highest BCUT2D eigenvalue weighted by atomic mass is 16.1. The first-order valence-electron chi connectivity index (χ1n) is 9.28. The number of benzene rings is 2. The van der Waals surface area contributed by atoms with Crippen LogP contribution in [0.5, 0.6) is 0 Å². The summed E-state index contributed by atoms with van der Waals surface area (Å²) < 4.78 is 0. The highest BCUT2D eigenvalue weighted by molar-refractivity contribution is 5.80. The van der Waals surface area contributed by atoms with Crippen molar-refractivity contribution in [2.45, 2.75) is 25.8 Å². The van der Waals surface area contributed by atoms with Gasteiger partial charge in [0.05, 0.1) is 0 Å². The SMILES string of the molecule is NC(=O)C1CC1C1=CC=C(NCc2ccc(-c3ccccc3)cc2)CC1. The van der Waals surface area contributed by atoms with Crippen molar-refractivity contribution in [2.24, 2.45) is 17.6 Å². The van der Waals surface area contributed by atoms with Crippen LogP contribution in [0.4, 0.5) is 0 Å². The summed E-state index contributed by atoms with van der Waals surface area (Å²) >= 11 is 0. The van der Waals surface area contributed by atoms with Crippen LogP contribution in [0.1, 0.15) is 24.8 Å². The van der Waals surface area contributed by atoms with Gasteiger partial charge in [0.1, 0.15) is 0 Å². The van der Waals surface area contributed by atoms with Gasteiger partial charge >= 0.3 is 0 Å². The number of nitrogens with one attached hydrogen (secondary N) is 1. The summed E-state index contributed by atoms with van der Waals surface area (Å²) in [5, 5.41) is 3.54. The van der Waals surface area contributed by atoms with E-state index in [2.05, 4.69) is 66.0 Å². The van der Waals surface area contributed by atoms with Gasteiger partial charge in [0.25, 0.3) is 0 Å². The van der Waals surface area contributed by atoms with Gasteiger partial charge in [-0.05, 0) is 47.9 Å². The molecule has 0 aliphatic heterocycles. The largest absolute Gasteiger partial charge is 0.384 e. The van der Waals surface area contributed by atoms with Crippen molar-refractivity contribution in [2.75, 3.05) is 0 Å². The lowest BCUT2D eigenvalue weighted by Gasteiger charge is -2.16. The van der Waals surface area contributed by atoms with E-state index in [-0.39, 0.29) is 11.8 Å². The molecule has 1 amide bonds. The zero-order chi connectivity index (χ0) is 17.9. The summed E-state index contributed by atoms with van der Waals surface area (Å²) in [4.78, 5) is 11.2. The second-order valence-electron chi connectivity index (χ2n) is 7.20. The van der Waals surface area contributed by atoms with E-state index in [4.69, 9.17) is 5.73 Å². The fourth-order valence-corrected chi connectivity index (χ4v) is 3.69. The summed E-state index contributed by atoms with van der Waals surface area (Å²) in [6.45, 7) is 0.831. The fraction of sp³-hybridized carbons (Fsp3) is 0.261. The van der Waals surface area contributed by atoms with Crippen LogP contribution in [0.3, 0.4) is 0 Å². The summed E-state index contributed by atoms with van der Waals surface area (Å²) in [6, 6.07) is 19.2. The number of carbonyl (C=O) groups is 1. The molecule has 1 fully saturated rings. The maximum absolute atomic E-state index is 11.2. The molecule has 2 unspecified atom stereocenters. The maximum atomic E-state index is 11.2. The van der Waals surface area contributed by atoms with Crippen molar-refractivity contribution in [1.29, 1.82) is 0 Å². The summed E-state index contributed by atoms with van der Waals surface area (Å²) in [6.07, 6.45) is 7.31. The Morgan fingerprint density at radius 1 is 0.962 bits per heavy atom. The van der Waals surface area contributed by atoms with Crippen LogP contribution in [0.15, 0.2) is 78.0 Å². The van der Waals surface area contributed by atoms with Gasteiger partial charge in [0.15, 0.2) is 0 Å². The van der Waals surface area contributed by atoms with E-state index in [1.807, 2.05) is 6.07 Å². The van der Waals surface area contributed by atoms with Crippen LogP contribution >= 0.6 is 0 Å². The van der Waals surface area contributed by atoms with Crippen molar-refractivity contribution < 1.29 is 4.79 Å². The Balaban J connectivity index is 1.33. The van der Waals surface area contributed by atoms with Gasteiger partial charge in [0, 0.05) is 18.2 Å². The first kappa shape index (κ1) is 16.6. The monoisotopic (exact) mass is 344 g/mol. The maximum Gasteiger partial charge on any atom is 0.221 e. The molecule has 0 heterocycles. The zero-order valence-electron chi connectivity index (χ0n) is 14.8. The van der Waals surface area contributed by atoms with Crippen LogP contribution in [-0.4, -0.2) is 5.91 Å². The normalized spacial score (nSPS) is 21.5. The van der Waals surface area contributed by atoms with Gasteiger partial charge in [-0.15, -0.1) is 0 Å². The van der Waals surface area contributed by atoms with Crippen molar-refractivity contribution >= 4 is 5.91 Å². The van der Waals surface area contributed by atoms with Crippen LogP contribution in [0.25, 0.3) is 11.1 Å². The number of amides is 1. The van der Waals surface area contributed by atoms with Gasteiger partial charge < -0.3 is 11.1 Å². The molecule has 2 aliphatic rings. The van der Waals surface area contributed by atoms with E-state index in [0.717, 1.165) is 25.8 Å². The summed E-state index contributed by atoms with van der Waals surface area (Å²) in [7, 11) is 0. The topological polar surface area (TPSA) is 55.1 Å². The average Bonchev–Trinajstić information content (AvgIpc) is 3.49. The number of rotatable bonds is 6. The highest BCUT2D eigenvalue weighted by Gasteiger charge is 2.43. The van der Waals surface area contributed by atoms with E-state index < -0.39 is 0 Å². The summed E-state index contributed by atoms with van der Waals surface area (Å²) in [5.74, 6) is 0.325. The molecule has 3 N–H and O–H groups in total. The minimum absolute atomic E-state index is 0.0762. The third-order valence-electron chi connectivity index (χ3n) is 5.39. The lowest BCUT2D eigenvalue weighted by molar-refractivity contribution is -0.119. The molecule has 26 heavy (non-hydrogen) atoms. The Kier molecular flexibility index (Phi) is 4.61. The van der Waals surface area contributed by atoms with E-state index in [0.29, 0.717) is 5.92 Å². The second-order valence-corrected chi connectivity index (χ2v) is 7.20. The van der Waals surface area contributed by atoms with Crippen LogP contribution < -0.4 is 11.1 Å². The molecule has 0 bridgehead atoms. The lowest BCUT2D eigenvalue weighted by atomic mass is 9.97. The number of hydrogen-bond acceptors (Lipinski definition) is 2. The van der Waals surface area contributed by atoms with Crippen molar-refractivity contribution in [3.8, 4) is 11.1 Å². The number of carbonyl (C=O) groups excluding carboxylic acids is 1. The molecule has 2 aliphatic carbocycles. The molecule has 0 aromatic heterocycles. The standard InChI is InChI=1S/C23H24N2O/c24-23(26)22-14-21(22)19-10-12-20(13-11-19)25-15-16-6-8-18(9-7-16)17-4-2-1-3-5-17/h1-10,12,21-22,25H,11,13-15H2,(H2,24,26). The van der Waals surface area contributed by atoms with Gasteiger partial charge in [-0.3, -0.25) is 4.79 Å². The number of allylic oxidation sites excluding steroid dienone is 4. The molecule has 4 rings (SSSR count). The quantitative estimate of drug-likeness (QED) is 0.826. The number of hydrogen-bond donors (Lipinski definition) is 2. The molecule has 0 spiro atoms. The Hall–Kier alpha value is -2.81. The number of primary amides is 1. The molecule has 3 nitrogen and oxygen atoms in total. The number of nitrogens with two attached hydrogens (primary N) is 1. The molecule has 2 aromatic carbocycles. The molecule has 0 saturated heterocycles. The average molecular weight is 344 g/mol. The molecular formula is C23H24N2O. The van der Waals surface area contributed by atoms with Gasteiger partial charge in [-0.1, -0.05) is 66.2 Å². The van der Waals surface area contributed by atoms with Gasteiger partial charge in [0.2, 0.25) is 5.91 Å². The second kappa shape index (κ2) is 7.20. The van der Waals surface area contributed by atoms with Crippen molar-refractivity contribution in [3.63, 3.8) is 0 Å². The third-order valence-corrected chi connectivity index (χ3v) is 5.39. The predicted octanol–water partition coefficient (Wildman–Crippen LogP) is 4.17. The smallest absolute Gasteiger partial charge is 0.221 e. The lowest BCUT2D eigenvalue weighted by Crippen LogP contribution is -2.16. The Morgan fingerprint density at radius 2 is 1.69 bits per heavy atom. The first-order chi connectivity index (χ1) is 12.7. The minimum atomic E-state index is -0.150. The highest BCUT2D eigenvalue weighted by Crippen LogP contribution is 2.46. The molecule has 2 atom stereocenters. The minimum Gasteiger partial charge on any atom is -0.384 e. The Morgan fingerprint density at radius 3 is 2.31 bits per heavy atom. The fourth-order valence-electron chi connectivity index (χ4n) is 3.69. The zero-order valence-corrected chi connectivity index (χ0v) is 14.8. The third kappa shape index (κ3) is 3.72. The van der Waals surface area contributed by atoms with Gasteiger partial charge in [-0.2, -0.15) is 0 Å². The van der Waals surface area contributed by atoms with Crippen LogP contribution in [-0.2, 0) is 11.3 Å². The molecule has 132 valence electrons. The summed E-state index contributed by atoms with van der Waals surface area (Å²) in [5.41, 5.74) is 11.8. The van der Waals surface area contributed by atoms with Crippen LogP contribution in [0.2, 0.25) is 0 Å². The van der Waals surface area contributed by atoms with E-state index >= 15 is 0 Å². The van der Waals surface area contributed by atoms with Gasteiger partial charge in [-0.25, -0.2) is 0 Å². The Labute approximate surface area is 154 Å². The first-order valence-corrected chi connectivity index (χ1v) is 9.28. The Bertz CT molecular complexity index is 850. The van der Waals surface area contributed by atoms with E-state index in [1.54, 1.807) is 0 Å². The molecular weight excluding hydrogens is 320 g/mol. The molecule has 0 radical (unpaired) electrons. The van der Waals surface area contributed by atoms with Crippen molar-refractivity contribution in [3.05, 3.63) is 83.6 Å². The molecule has 1 saturated carbocycles. The predicted molar refractivity (Wildman–Crippen MR) is 105 cm³/mol.